The van der Waals surface area contributed by atoms with Crippen molar-refractivity contribution in [1.82, 2.24) is 9.66 Å². The van der Waals surface area contributed by atoms with Gasteiger partial charge in [0.05, 0.1) is 5.69 Å². The van der Waals surface area contributed by atoms with Crippen LogP contribution in [-0.2, 0) is 6.42 Å². The number of aryl methyl sites for hydroxylation is 1. The molecule has 1 aromatic heterocycles. The summed E-state index contributed by atoms with van der Waals surface area (Å²) in [6, 6.07) is 0. The van der Waals surface area contributed by atoms with Crippen LogP contribution < -0.4 is 11.6 Å². The van der Waals surface area contributed by atoms with Crippen molar-refractivity contribution in [2.45, 2.75) is 39.0 Å². The number of hydrogen-bond acceptors (Lipinski definition) is 3. The van der Waals surface area contributed by atoms with E-state index in [2.05, 4.69) is 11.9 Å². The molecule has 1 aromatic rings. The Hall–Kier alpha value is -1.19. The number of unbranched alkanes of at least 4 members (excludes halogenated alkanes) is 3. The van der Waals surface area contributed by atoms with Gasteiger partial charge in [-0.3, -0.25) is 0 Å². The van der Waals surface area contributed by atoms with Crippen molar-refractivity contribution >= 4 is 5.82 Å². The molecule has 0 aliphatic heterocycles. The van der Waals surface area contributed by atoms with Gasteiger partial charge in [-0.15, -0.1) is 0 Å². The highest BCUT2D eigenvalue weighted by atomic mass is 15.3. The van der Waals surface area contributed by atoms with Crippen LogP contribution in [0.5, 0.6) is 0 Å². The second-order valence-electron chi connectivity index (χ2n) is 3.29. The first-order chi connectivity index (χ1) is 6.25. The third-order valence-electron chi connectivity index (χ3n) is 2.18. The normalized spacial score (nSPS) is 10.5. The van der Waals surface area contributed by atoms with Gasteiger partial charge in [0.1, 0.15) is 12.1 Å². The predicted molar refractivity (Wildman–Crippen MR) is 54.6 cm³/mol. The van der Waals surface area contributed by atoms with Crippen LogP contribution in [0.25, 0.3) is 0 Å². The summed E-state index contributed by atoms with van der Waals surface area (Å²) in [4.78, 5) is 4.13. The average molecular weight is 182 g/mol. The van der Waals surface area contributed by atoms with Gasteiger partial charge in [-0.2, -0.15) is 0 Å². The molecule has 0 fully saturated rings. The third kappa shape index (κ3) is 2.65. The minimum Gasteiger partial charge on any atom is -0.382 e. The van der Waals surface area contributed by atoms with E-state index in [1.807, 2.05) is 0 Å². The second kappa shape index (κ2) is 4.74. The molecule has 0 bridgehead atoms. The highest BCUT2D eigenvalue weighted by molar-refractivity contribution is 5.35. The summed E-state index contributed by atoms with van der Waals surface area (Å²) < 4.78 is 1.37. The first-order valence-electron chi connectivity index (χ1n) is 4.82. The maximum Gasteiger partial charge on any atom is 0.145 e. The molecule has 1 rings (SSSR count). The Morgan fingerprint density at radius 2 is 2.15 bits per heavy atom. The number of nitrogen functional groups attached to an aromatic ring is 2. The summed E-state index contributed by atoms with van der Waals surface area (Å²) in [5.74, 6) is 6.09. The van der Waals surface area contributed by atoms with E-state index in [4.69, 9.17) is 11.6 Å². The molecule has 0 spiro atoms. The number of nitrogens with zero attached hydrogens (tertiary/aromatic N) is 2. The molecule has 0 aliphatic carbocycles. The van der Waals surface area contributed by atoms with Crippen LogP contribution in [0.3, 0.4) is 0 Å². The van der Waals surface area contributed by atoms with Crippen molar-refractivity contribution in [3.63, 3.8) is 0 Å². The van der Waals surface area contributed by atoms with Gasteiger partial charge < -0.3 is 11.6 Å². The van der Waals surface area contributed by atoms with Crippen LogP contribution >= 0.6 is 0 Å². The zero-order valence-corrected chi connectivity index (χ0v) is 8.16. The van der Waals surface area contributed by atoms with Crippen molar-refractivity contribution in [3.8, 4) is 0 Å². The molecule has 0 saturated heterocycles. The highest BCUT2D eigenvalue weighted by Crippen LogP contribution is 2.11. The van der Waals surface area contributed by atoms with Gasteiger partial charge in [0.25, 0.3) is 0 Å². The molecule has 0 aliphatic rings. The van der Waals surface area contributed by atoms with Crippen molar-refractivity contribution in [2.24, 2.45) is 0 Å². The van der Waals surface area contributed by atoms with Gasteiger partial charge >= 0.3 is 0 Å². The Labute approximate surface area is 78.9 Å². The Kier molecular flexibility index (Phi) is 3.61. The van der Waals surface area contributed by atoms with E-state index in [0.717, 1.165) is 18.5 Å². The number of imidazole rings is 1. The first kappa shape index (κ1) is 9.89. The standard InChI is InChI=1S/C9H18N4/c1-2-3-4-5-6-8-9(10)13(11)7-12-8/h7H,2-6,10-11H2,1H3. The SMILES string of the molecule is CCCCCCc1ncn(N)c1N. The van der Waals surface area contributed by atoms with E-state index >= 15 is 0 Å². The molecule has 0 atom stereocenters. The van der Waals surface area contributed by atoms with E-state index < -0.39 is 0 Å². The monoisotopic (exact) mass is 182 g/mol. The number of rotatable bonds is 5. The lowest BCUT2D eigenvalue weighted by Crippen LogP contribution is -2.10. The smallest absolute Gasteiger partial charge is 0.145 e. The van der Waals surface area contributed by atoms with Crippen LogP contribution in [-0.4, -0.2) is 9.66 Å². The van der Waals surface area contributed by atoms with Crippen molar-refractivity contribution in [1.29, 1.82) is 0 Å². The average Bonchev–Trinajstić information content (AvgIpc) is 2.43. The zero-order chi connectivity index (χ0) is 9.68. The van der Waals surface area contributed by atoms with Gasteiger partial charge in [-0.05, 0) is 12.8 Å². The van der Waals surface area contributed by atoms with E-state index in [0.29, 0.717) is 5.82 Å². The second-order valence-corrected chi connectivity index (χ2v) is 3.29. The minimum atomic E-state index is 0.594. The van der Waals surface area contributed by atoms with Gasteiger partial charge in [0, 0.05) is 0 Å². The molecule has 4 heteroatoms. The molecule has 0 unspecified atom stereocenters. The lowest BCUT2D eigenvalue weighted by Gasteiger charge is -1.99. The largest absolute Gasteiger partial charge is 0.382 e. The van der Waals surface area contributed by atoms with E-state index in [9.17, 15) is 0 Å². The Morgan fingerprint density at radius 1 is 1.38 bits per heavy atom. The van der Waals surface area contributed by atoms with Crippen LogP contribution in [0.15, 0.2) is 6.33 Å². The molecule has 4 N–H and O–H groups in total. The lowest BCUT2D eigenvalue weighted by atomic mass is 10.1. The van der Waals surface area contributed by atoms with Gasteiger partial charge in [-0.25, -0.2) is 9.66 Å². The Morgan fingerprint density at radius 3 is 2.69 bits per heavy atom. The fraction of sp³-hybridized carbons (Fsp3) is 0.667. The Bertz CT molecular complexity index is 254. The molecule has 0 saturated carbocycles. The molecule has 4 nitrogen and oxygen atoms in total. The molecule has 0 aromatic carbocycles. The van der Waals surface area contributed by atoms with E-state index in [1.165, 1.54) is 23.9 Å². The third-order valence-corrected chi connectivity index (χ3v) is 2.18. The molecule has 0 amide bonds. The summed E-state index contributed by atoms with van der Waals surface area (Å²) >= 11 is 0. The first-order valence-corrected chi connectivity index (χ1v) is 4.82. The summed E-state index contributed by atoms with van der Waals surface area (Å²) in [6.45, 7) is 2.20. The van der Waals surface area contributed by atoms with Crippen LogP contribution in [0.4, 0.5) is 5.82 Å². The van der Waals surface area contributed by atoms with Crippen molar-refractivity contribution in [2.75, 3.05) is 11.6 Å². The predicted octanol–water partition coefficient (Wildman–Crippen LogP) is 1.30. The molecular formula is C9H18N4. The molecule has 13 heavy (non-hydrogen) atoms. The molecular weight excluding hydrogens is 164 g/mol. The summed E-state index contributed by atoms with van der Waals surface area (Å²) in [6.07, 6.45) is 7.42. The van der Waals surface area contributed by atoms with Crippen molar-refractivity contribution in [3.05, 3.63) is 12.0 Å². The maximum atomic E-state index is 5.69. The lowest BCUT2D eigenvalue weighted by molar-refractivity contribution is 0.662. The maximum absolute atomic E-state index is 5.69. The van der Waals surface area contributed by atoms with Gasteiger partial charge in [-0.1, -0.05) is 26.2 Å². The van der Waals surface area contributed by atoms with Crippen LogP contribution in [0.2, 0.25) is 0 Å². The fourth-order valence-electron chi connectivity index (χ4n) is 1.32. The summed E-state index contributed by atoms with van der Waals surface area (Å²) in [5.41, 5.74) is 6.62. The fourth-order valence-corrected chi connectivity index (χ4v) is 1.32. The number of anilines is 1. The number of hydrogen-bond donors (Lipinski definition) is 2. The molecule has 0 radical (unpaired) electrons. The summed E-state index contributed by atoms with van der Waals surface area (Å²) in [7, 11) is 0. The zero-order valence-electron chi connectivity index (χ0n) is 8.16. The Balaban J connectivity index is 2.32. The van der Waals surface area contributed by atoms with E-state index in [1.54, 1.807) is 6.33 Å². The highest BCUT2D eigenvalue weighted by Gasteiger charge is 2.04. The molecule has 74 valence electrons. The van der Waals surface area contributed by atoms with Crippen molar-refractivity contribution < 1.29 is 0 Å². The summed E-state index contributed by atoms with van der Waals surface area (Å²) in [5, 5.41) is 0. The van der Waals surface area contributed by atoms with Crippen LogP contribution in [0, 0.1) is 0 Å². The van der Waals surface area contributed by atoms with Gasteiger partial charge in [0.15, 0.2) is 0 Å². The number of nitrogens with two attached hydrogens (primary N) is 2. The minimum absolute atomic E-state index is 0.594. The van der Waals surface area contributed by atoms with Crippen LogP contribution in [0.1, 0.15) is 38.3 Å². The number of aromatic nitrogens is 2. The van der Waals surface area contributed by atoms with Gasteiger partial charge in [0.2, 0.25) is 0 Å². The molecule has 1 heterocycles. The van der Waals surface area contributed by atoms with E-state index in [-0.39, 0.29) is 0 Å². The topological polar surface area (TPSA) is 69.9 Å². The quantitative estimate of drug-likeness (QED) is 0.532.